The maximum atomic E-state index is 13.1. The summed E-state index contributed by atoms with van der Waals surface area (Å²) in [5, 5.41) is 4.49. The molecule has 11 heteroatoms. The number of hydrogen-bond acceptors (Lipinski definition) is 7. The van der Waals surface area contributed by atoms with E-state index in [-0.39, 0.29) is 17.1 Å². The van der Waals surface area contributed by atoms with Gasteiger partial charge in [-0.2, -0.15) is 5.10 Å². The smallest absolute Gasteiger partial charge is 0.249 e. The Hall–Kier alpha value is -3.70. The van der Waals surface area contributed by atoms with Gasteiger partial charge in [-0.05, 0) is 56.6 Å². The Kier molecular flexibility index (Phi) is 8.09. The number of nitrogens with two attached hydrogens (primary N) is 1. The first-order valence-electron chi connectivity index (χ1n) is 11.9. The van der Waals surface area contributed by atoms with E-state index in [0.29, 0.717) is 35.8 Å². The summed E-state index contributed by atoms with van der Waals surface area (Å²) >= 11 is 0. The molecule has 1 fully saturated rings. The molecule has 0 atom stereocenters. The van der Waals surface area contributed by atoms with Crippen LogP contribution >= 0.6 is 0 Å². The number of fused-ring (bicyclic) bond motifs is 1. The summed E-state index contributed by atoms with van der Waals surface area (Å²) in [5.41, 5.74) is 5.29. The zero-order chi connectivity index (χ0) is 27.5. The molecule has 0 bridgehead atoms. The average Bonchev–Trinajstić information content (AvgIpc) is 3.28. The molecule has 0 radical (unpaired) electrons. The fraction of sp³-hybridized carbons (Fsp3) is 0.423. The van der Waals surface area contributed by atoms with Crippen LogP contribution in [0.2, 0.25) is 0 Å². The SMILES string of the molecule is CC(C)(C)c1cc(-c2ccc(F)cc2)nn2cc(C=O)nc12.CN=C(NN)N1CCN(C)C(C)(C)C1=O. The number of benzene rings is 1. The lowest BCUT2D eigenvalue weighted by molar-refractivity contribution is -0.142. The third-order valence-electron chi connectivity index (χ3n) is 6.49. The van der Waals surface area contributed by atoms with Gasteiger partial charge in [0.2, 0.25) is 11.9 Å². The van der Waals surface area contributed by atoms with Gasteiger partial charge < -0.3 is 0 Å². The maximum absolute atomic E-state index is 13.1. The summed E-state index contributed by atoms with van der Waals surface area (Å²) in [6.07, 6.45) is 2.31. The van der Waals surface area contributed by atoms with E-state index in [1.807, 2.05) is 31.9 Å². The second kappa shape index (κ2) is 10.7. The maximum Gasteiger partial charge on any atom is 0.249 e. The fourth-order valence-corrected chi connectivity index (χ4v) is 3.96. The van der Waals surface area contributed by atoms with Gasteiger partial charge in [-0.3, -0.25) is 29.8 Å². The Bertz CT molecular complexity index is 1310. The number of nitrogens with zero attached hydrogens (tertiary/aromatic N) is 6. The Morgan fingerprint density at radius 3 is 2.41 bits per heavy atom. The van der Waals surface area contributed by atoms with Crippen LogP contribution in [0, 0.1) is 5.82 Å². The van der Waals surface area contributed by atoms with Crippen molar-refractivity contribution in [1.82, 2.24) is 29.8 Å². The number of rotatable bonds is 2. The number of nitrogens with one attached hydrogen (secondary N) is 1. The molecular formula is C26H35FN8O2. The zero-order valence-corrected chi connectivity index (χ0v) is 22.4. The highest BCUT2D eigenvalue weighted by Gasteiger charge is 2.41. The predicted octanol–water partition coefficient (Wildman–Crippen LogP) is 2.63. The van der Waals surface area contributed by atoms with Crippen molar-refractivity contribution >= 4 is 23.8 Å². The minimum Gasteiger partial charge on any atom is -0.296 e. The van der Waals surface area contributed by atoms with E-state index in [1.165, 1.54) is 12.1 Å². The number of aliphatic imine (C=N–C) groups is 1. The van der Waals surface area contributed by atoms with Crippen molar-refractivity contribution < 1.29 is 14.0 Å². The second-order valence-electron chi connectivity index (χ2n) is 10.4. The lowest BCUT2D eigenvalue weighted by Crippen LogP contribution is -2.65. The number of aromatic nitrogens is 3. The number of piperazine rings is 1. The van der Waals surface area contributed by atoms with Crippen molar-refractivity contribution in [3.8, 4) is 11.3 Å². The molecule has 1 aliphatic rings. The van der Waals surface area contributed by atoms with Gasteiger partial charge in [-0.15, -0.1) is 0 Å². The Morgan fingerprint density at radius 1 is 1.22 bits per heavy atom. The normalized spacial score (nSPS) is 16.4. The molecule has 3 aromatic rings. The van der Waals surface area contributed by atoms with Gasteiger partial charge in [0.05, 0.1) is 17.4 Å². The van der Waals surface area contributed by atoms with Gasteiger partial charge in [-0.1, -0.05) is 20.8 Å². The van der Waals surface area contributed by atoms with E-state index in [2.05, 4.69) is 41.3 Å². The molecule has 0 unspecified atom stereocenters. The number of amides is 1. The van der Waals surface area contributed by atoms with Gasteiger partial charge in [0.15, 0.2) is 11.9 Å². The first-order valence-corrected chi connectivity index (χ1v) is 11.9. The van der Waals surface area contributed by atoms with Crippen molar-refractivity contribution in [3.63, 3.8) is 0 Å². The van der Waals surface area contributed by atoms with E-state index in [0.717, 1.165) is 17.7 Å². The minimum atomic E-state index is -0.509. The molecule has 1 aromatic carbocycles. The minimum absolute atomic E-state index is 0.00907. The molecule has 0 aliphatic carbocycles. The van der Waals surface area contributed by atoms with Crippen LogP contribution in [0.1, 0.15) is 50.7 Å². The lowest BCUT2D eigenvalue weighted by Gasteiger charge is -2.43. The fourth-order valence-electron chi connectivity index (χ4n) is 3.96. The topological polar surface area (TPSA) is 121 Å². The van der Waals surface area contributed by atoms with Crippen molar-refractivity contribution in [3.05, 3.63) is 53.6 Å². The van der Waals surface area contributed by atoms with Crippen LogP contribution in [0.3, 0.4) is 0 Å². The van der Waals surface area contributed by atoms with Crippen molar-refractivity contribution in [2.45, 2.75) is 45.6 Å². The Morgan fingerprint density at radius 2 is 1.86 bits per heavy atom. The number of halogens is 1. The number of carbonyl (C=O) groups excluding carboxylic acids is 2. The Labute approximate surface area is 216 Å². The van der Waals surface area contributed by atoms with E-state index in [4.69, 9.17) is 5.84 Å². The van der Waals surface area contributed by atoms with Crippen LogP contribution in [0.25, 0.3) is 16.9 Å². The molecule has 37 heavy (non-hydrogen) atoms. The van der Waals surface area contributed by atoms with Gasteiger partial charge in [0, 0.05) is 31.3 Å². The molecule has 10 nitrogen and oxygen atoms in total. The van der Waals surface area contributed by atoms with E-state index in [9.17, 15) is 14.0 Å². The molecule has 4 rings (SSSR count). The summed E-state index contributed by atoms with van der Waals surface area (Å²) in [4.78, 5) is 35.0. The van der Waals surface area contributed by atoms with Crippen LogP contribution in [0.5, 0.6) is 0 Å². The van der Waals surface area contributed by atoms with Gasteiger partial charge >= 0.3 is 0 Å². The van der Waals surface area contributed by atoms with Gasteiger partial charge in [-0.25, -0.2) is 19.7 Å². The second-order valence-corrected chi connectivity index (χ2v) is 10.4. The van der Waals surface area contributed by atoms with Crippen LogP contribution in [0.15, 0.2) is 41.5 Å². The number of carbonyl (C=O) groups is 2. The third kappa shape index (κ3) is 5.83. The number of aldehydes is 1. The van der Waals surface area contributed by atoms with Crippen LogP contribution in [-0.2, 0) is 10.2 Å². The molecule has 0 saturated carbocycles. The molecule has 0 spiro atoms. The predicted molar refractivity (Wildman–Crippen MR) is 142 cm³/mol. The zero-order valence-electron chi connectivity index (χ0n) is 22.4. The monoisotopic (exact) mass is 510 g/mol. The third-order valence-corrected chi connectivity index (χ3v) is 6.49. The summed E-state index contributed by atoms with van der Waals surface area (Å²) in [5.74, 6) is 5.45. The van der Waals surface area contributed by atoms with Gasteiger partial charge in [0.25, 0.3) is 0 Å². The number of hydrogen-bond donors (Lipinski definition) is 2. The van der Waals surface area contributed by atoms with Crippen molar-refractivity contribution in [1.29, 1.82) is 0 Å². The number of hydrazine groups is 1. The Balaban J connectivity index is 0.000000222. The number of imidazole rings is 1. The summed E-state index contributed by atoms with van der Waals surface area (Å²) in [6.45, 7) is 11.4. The lowest BCUT2D eigenvalue weighted by atomic mass is 9.87. The van der Waals surface area contributed by atoms with E-state index >= 15 is 0 Å². The molecule has 3 N–H and O–H groups in total. The molecule has 1 aliphatic heterocycles. The van der Waals surface area contributed by atoms with Crippen molar-refractivity contribution in [2.75, 3.05) is 27.2 Å². The molecule has 3 heterocycles. The summed E-state index contributed by atoms with van der Waals surface area (Å²) < 4.78 is 14.7. The largest absolute Gasteiger partial charge is 0.296 e. The van der Waals surface area contributed by atoms with Crippen molar-refractivity contribution in [2.24, 2.45) is 10.8 Å². The summed E-state index contributed by atoms with van der Waals surface area (Å²) in [6, 6.07) is 8.14. The standard InChI is InChI=1S/C17H16FN3O.C9H19N5O/c1-17(2,3)14-8-15(11-4-6-12(18)7-5-11)20-21-9-13(10-22)19-16(14)21;1-9(2)7(15)14(6-5-13(9)4)8(11-3)12-10/h4-10H,1-3H3;5-6,10H2,1-4H3,(H,11,12). The van der Waals surface area contributed by atoms with Crippen LogP contribution < -0.4 is 11.3 Å². The highest BCUT2D eigenvalue weighted by atomic mass is 19.1. The van der Waals surface area contributed by atoms with Crippen LogP contribution in [0.4, 0.5) is 4.39 Å². The van der Waals surface area contributed by atoms with E-state index in [1.54, 1.807) is 34.8 Å². The van der Waals surface area contributed by atoms with E-state index < -0.39 is 5.54 Å². The first-order chi connectivity index (χ1) is 17.3. The molecule has 198 valence electrons. The molecule has 1 saturated heterocycles. The molecule has 1 amide bonds. The summed E-state index contributed by atoms with van der Waals surface area (Å²) in [7, 11) is 3.54. The number of likely N-dealkylation sites (N-methyl/N-ethyl adjacent to an activating group) is 1. The van der Waals surface area contributed by atoms with Crippen LogP contribution in [-0.4, -0.2) is 75.3 Å². The highest BCUT2D eigenvalue weighted by molar-refractivity contribution is 6.01. The molecular weight excluding hydrogens is 475 g/mol. The number of guanidine groups is 1. The first kappa shape index (κ1) is 27.9. The average molecular weight is 511 g/mol. The highest BCUT2D eigenvalue weighted by Crippen LogP contribution is 2.29. The van der Waals surface area contributed by atoms with Gasteiger partial charge in [0.1, 0.15) is 11.5 Å². The molecule has 2 aromatic heterocycles. The quantitative estimate of drug-likeness (QED) is 0.179.